The molecule has 7 nitrogen and oxygen atoms in total. The molecule has 7 heteroatoms. The van der Waals surface area contributed by atoms with E-state index in [4.69, 9.17) is 25.0 Å². The molecule has 1 aromatic rings. The molecule has 4 bridgehead atoms. The number of nitrogens with zero attached hydrogens (tertiary/aromatic N) is 1. The molecule has 2 saturated heterocycles. The minimum absolute atomic E-state index is 0.0564. The maximum atomic E-state index is 11.3. The summed E-state index contributed by atoms with van der Waals surface area (Å²) in [6, 6.07) is 8.71. The highest BCUT2D eigenvalue weighted by molar-refractivity contribution is 5.76. The van der Waals surface area contributed by atoms with Gasteiger partial charge in [0.1, 0.15) is 5.75 Å². The Kier molecular flexibility index (Phi) is 6.70. The number of rotatable bonds is 7. The molecular formula is C31H44N2O5. The van der Waals surface area contributed by atoms with Crippen molar-refractivity contribution in [2.75, 3.05) is 26.2 Å². The van der Waals surface area contributed by atoms with E-state index in [1.54, 1.807) is 0 Å². The lowest BCUT2D eigenvalue weighted by Gasteiger charge is -2.57. The average Bonchev–Trinajstić information content (AvgIpc) is 3.30. The van der Waals surface area contributed by atoms with Gasteiger partial charge in [0.25, 0.3) is 0 Å². The van der Waals surface area contributed by atoms with E-state index < -0.39 is 11.6 Å². The molecule has 208 valence electrons. The van der Waals surface area contributed by atoms with E-state index in [-0.39, 0.29) is 11.8 Å². The number of primary amides is 1. The second-order valence-electron chi connectivity index (χ2n) is 13.3. The molecule has 5 saturated carbocycles. The van der Waals surface area contributed by atoms with Crippen molar-refractivity contribution in [2.24, 2.45) is 35.3 Å². The molecule has 2 aliphatic heterocycles. The van der Waals surface area contributed by atoms with Crippen LogP contribution in [0, 0.1) is 29.6 Å². The molecule has 7 aliphatic rings. The van der Waals surface area contributed by atoms with Crippen molar-refractivity contribution >= 4 is 5.91 Å². The summed E-state index contributed by atoms with van der Waals surface area (Å²) < 4.78 is 12.9. The Morgan fingerprint density at radius 2 is 1.58 bits per heavy atom. The predicted molar refractivity (Wildman–Crippen MR) is 142 cm³/mol. The smallest absolute Gasteiger partial charge is 0.220 e. The molecule has 1 aromatic carbocycles. The quantitative estimate of drug-likeness (QED) is 0.393. The van der Waals surface area contributed by atoms with Gasteiger partial charge in [0.05, 0.1) is 6.61 Å². The van der Waals surface area contributed by atoms with E-state index in [1.165, 1.54) is 37.7 Å². The van der Waals surface area contributed by atoms with Crippen molar-refractivity contribution < 1.29 is 24.0 Å². The van der Waals surface area contributed by atoms with Gasteiger partial charge in [-0.1, -0.05) is 12.1 Å². The third-order valence-electron chi connectivity index (χ3n) is 10.9. The predicted octanol–water partition coefficient (Wildman–Crippen LogP) is 5.14. The van der Waals surface area contributed by atoms with Gasteiger partial charge in [-0.2, -0.15) is 9.78 Å². The van der Waals surface area contributed by atoms with Gasteiger partial charge in [-0.25, -0.2) is 0 Å². The summed E-state index contributed by atoms with van der Waals surface area (Å²) in [5, 5.41) is 0. The first-order valence-corrected chi connectivity index (χ1v) is 15.3. The fraction of sp³-hybridized carbons (Fsp3) is 0.774. The maximum absolute atomic E-state index is 11.3. The molecule has 2 heterocycles. The number of carbonyl (C=O) groups is 1. The fourth-order valence-corrected chi connectivity index (χ4v) is 8.94. The Balaban J connectivity index is 0.862. The SMILES string of the molecule is NC(=O)C1CCN(CCCOc2ccc(C3CCC4(CC3)OOC3(O4)C4CC5CC(C4)CC3C5)cc2)CC1. The Morgan fingerprint density at radius 3 is 2.21 bits per heavy atom. The van der Waals surface area contributed by atoms with E-state index in [2.05, 4.69) is 29.2 Å². The number of nitrogens with two attached hydrogens (primary N) is 1. The van der Waals surface area contributed by atoms with Crippen LogP contribution in [-0.4, -0.2) is 48.6 Å². The number of carbonyl (C=O) groups excluding carboxylic acids is 1. The fourth-order valence-electron chi connectivity index (χ4n) is 8.94. The zero-order valence-electron chi connectivity index (χ0n) is 22.7. The summed E-state index contributed by atoms with van der Waals surface area (Å²) >= 11 is 0. The van der Waals surface area contributed by atoms with E-state index in [0.717, 1.165) is 82.2 Å². The van der Waals surface area contributed by atoms with Gasteiger partial charge in [-0.3, -0.25) is 4.79 Å². The van der Waals surface area contributed by atoms with Crippen LogP contribution >= 0.6 is 0 Å². The molecule has 0 atom stereocenters. The van der Waals surface area contributed by atoms with Crippen LogP contribution in [0.3, 0.4) is 0 Å². The lowest BCUT2D eigenvalue weighted by molar-refractivity contribution is -0.390. The van der Waals surface area contributed by atoms with Crippen molar-refractivity contribution in [2.45, 2.75) is 94.5 Å². The van der Waals surface area contributed by atoms with Gasteiger partial charge in [-0.15, -0.1) is 0 Å². The number of ether oxygens (including phenoxy) is 2. The van der Waals surface area contributed by atoms with Crippen LogP contribution in [-0.2, 0) is 19.3 Å². The lowest BCUT2D eigenvalue weighted by Crippen LogP contribution is -2.59. The highest BCUT2D eigenvalue weighted by Crippen LogP contribution is 2.64. The van der Waals surface area contributed by atoms with Crippen LogP contribution in [0.5, 0.6) is 5.75 Å². The maximum Gasteiger partial charge on any atom is 0.220 e. The lowest BCUT2D eigenvalue weighted by atomic mass is 9.53. The zero-order chi connectivity index (χ0) is 25.7. The standard InChI is InChI=1S/C31H44N2O5/c32-29(34)25-8-13-33(14-9-25)12-1-15-35-28-4-2-23(3-5-28)24-6-10-30(11-7-24)36-31(38-37-30)26-17-21-16-22(19-26)20-27(31)18-21/h2-5,21-22,24-27H,1,6-20H2,(H2,32,34). The highest BCUT2D eigenvalue weighted by Gasteiger charge is 2.66. The Morgan fingerprint density at radius 1 is 0.921 bits per heavy atom. The van der Waals surface area contributed by atoms with Crippen molar-refractivity contribution in [3.05, 3.63) is 29.8 Å². The van der Waals surface area contributed by atoms with Gasteiger partial charge < -0.3 is 20.1 Å². The Bertz CT molecular complexity index is 968. The minimum atomic E-state index is -0.538. The first-order valence-electron chi connectivity index (χ1n) is 15.3. The third kappa shape index (κ3) is 4.67. The van der Waals surface area contributed by atoms with E-state index in [0.29, 0.717) is 24.4 Å². The molecule has 0 radical (unpaired) electrons. The van der Waals surface area contributed by atoms with E-state index in [1.807, 2.05) is 0 Å². The summed E-state index contributed by atoms with van der Waals surface area (Å²) in [4.78, 5) is 26.1. The molecule has 1 amide bonds. The molecule has 0 unspecified atom stereocenters. The second-order valence-corrected chi connectivity index (χ2v) is 13.3. The number of hydrogen-bond donors (Lipinski definition) is 1. The number of likely N-dealkylation sites (tertiary alicyclic amines) is 1. The van der Waals surface area contributed by atoms with Crippen LogP contribution in [0.15, 0.2) is 24.3 Å². The largest absolute Gasteiger partial charge is 0.494 e. The molecule has 7 fully saturated rings. The summed E-state index contributed by atoms with van der Waals surface area (Å²) in [7, 11) is 0. The average molecular weight is 525 g/mol. The molecule has 0 aromatic heterocycles. The number of piperidine rings is 1. The van der Waals surface area contributed by atoms with Crippen LogP contribution in [0.4, 0.5) is 0 Å². The van der Waals surface area contributed by atoms with Crippen LogP contribution < -0.4 is 10.5 Å². The second kappa shape index (κ2) is 10.1. The van der Waals surface area contributed by atoms with Gasteiger partial charge >= 0.3 is 0 Å². The van der Waals surface area contributed by atoms with E-state index in [9.17, 15) is 4.79 Å². The first kappa shape index (κ1) is 25.3. The highest BCUT2D eigenvalue weighted by atomic mass is 17.3. The van der Waals surface area contributed by atoms with Crippen LogP contribution in [0.1, 0.15) is 88.5 Å². The first-order chi connectivity index (χ1) is 18.5. The normalized spacial score (nSPS) is 40.8. The summed E-state index contributed by atoms with van der Waals surface area (Å²) in [5.74, 6) is 3.21. The van der Waals surface area contributed by atoms with Crippen molar-refractivity contribution in [1.29, 1.82) is 0 Å². The third-order valence-corrected chi connectivity index (χ3v) is 10.9. The van der Waals surface area contributed by atoms with Crippen molar-refractivity contribution in [3.8, 4) is 5.75 Å². The van der Waals surface area contributed by atoms with Gasteiger partial charge in [0.2, 0.25) is 17.5 Å². The number of hydrogen-bond acceptors (Lipinski definition) is 6. The molecule has 38 heavy (non-hydrogen) atoms. The van der Waals surface area contributed by atoms with E-state index >= 15 is 0 Å². The summed E-state index contributed by atoms with van der Waals surface area (Å²) in [6.07, 6.45) is 13.2. The van der Waals surface area contributed by atoms with Crippen molar-refractivity contribution in [1.82, 2.24) is 4.90 Å². The number of amides is 1. The zero-order valence-corrected chi connectivity index (χ0v) is 22.7. The van der Waals surface area contributed by atoms with Crippen LogP contribution in [0.2, 0.25) is 0 Å². The number of benzene rings is 1. The molecule has 2 N–H and O–H groups in total. The summed E-state index contributed by atoms with van der Waals surface area (Å²) in [6.45, 7) is 3.62. The molecule has 5 aliphatic carbocycles. The monoisotopic (exact) mass is 524 g/mol. The van der Waals surface area contributed by atoms with Crippen LogP contribution in [0.25, 0.3) is 0 Å². The summed E-state index contributed by atoms with van der Waals surface area (Å²) in [5.41, 5.74) is 6.82. The minimum Gasteiger partial charge on any atom is -0.494 e. The van der Waals surface area contributed by atoms with Gasteiger partial charge in [0, 0.05) is 37.1 Å². The van der Waals surface area contributed by atoms with Gasteiger partial charge in [0.15, 0.2) is 0 Å². The molecule has 8 rings (SSSR count). The molecular weight excluding hydrogens is 480 g/mol. The Labute approximate surface area is 226 Å². The van der Waals surface area contributed by atoms with Crippen molar-refractivity contribution in [3.63, 3.8) is 0 Å². The topological polar surface area (TPSA) is 83.3 Å². The molecule has 2 spiro atoms. The Hall–Kier alpha value is -1.67. The van der Waals surface area contributed by atoms with Gasteiger partial charge in [-0.05, 0) is 113 Å².